The zero-order chi connectivity index (χ0) is 14.9. The second-order valence-corrected chi connectivity index (χ2v) is 6.79. The Hall–Kier alpha value is -1.06. The highest BCUT2D eigenvalue weighted by Crippen LogP contribution is 2.36. The van der Waals surface area contributed by atoms with E-state index < -0.39 is 0 Å². The Kier molecular flexibility index (Phi) is 4.23. The van der Waals surface area contributed by atoms with Crippen LogP contribution in [0.2, 0.25) is 0 Å². The molecule has 0 radical (unpaired) electrons. The Morgan fingerprint density at radius 2 is 2.14 bits per heavy atom. The van der Waals surface area contributed by atoms with E-state index in [9.17, 15) is 0 Å². The normalized spacial score (nSPS) is 32.7. The van der Waals surface area contributed by atoms with Gasteiger partial charge in [0.15, 0.2) is 0 Å². The predicted molar refractivity (Wildman–Crippen MR) is 87.0 cm³/mol. The molecule has 0 amide bonds. The summed E-state index contributed by atoms with van der Waals surface area (Å²) in [5, 5.41) is 3.71. The number of fused-ring (bicyclic) bond motifs is 1. The van der Waals surface area contributed by atoms with E-state index in [2.05, 4.69) is 55.3 Å². The van der Waals surface area contributed by atoms with Crippen LogP contribution in [-0.2, 0) is 0 Å². The standard InChI is InChI=1S/C18H28N2O/c1-4-15-11-20(18(3,5-2)13-19-15)10-14-12-21-17-9-7-6-8-16(14)17/h6-9,14-15,19H,4-5,10-13H2,1-3H3. The molecule has 116 valence electrons. The first-order valence-corrected chi connectivity index (χ1v) is 8.36. The van der Waals surface area contributed by atoms with Crippen LogP contribution in [0.1, 0.15) is 45.1 Å². The number of nitrogens with zero attached hydrogens (tertiary/aromatic N) is 1. The van der Waals surface area contributed by atoms with Crippen LogP contribution in [0.25, 0.3) is 0 Å². The van der Waals surface area contributed by atoms with Crippen molar-refractivity contribution in [3.63, 3.8) is 0 Å². The number of para-hydroxylation sites is 1. The molecular formula is C18H28N2O. The van der Waals surface area contributed by atoms with Crippen LogP contribution in [0.4, 0.5) is 0 Å². The van der Waals surface area contributed by atoms with Crippen molar-refractivity contribution in [2.45, 2.75) is 51.1 Å². The smallest absolute Gasteiger partial charge is 0.122 e. The first-order valence-electron chi connectivity index (χ1n) is 8.36. The summed E-state index contributed by atoms with van der Waals surface area (Å²) in [4.78, 5) is 2.70. The van der Waals surface area contributed by atoms with Gasteiger partial charge in [-0.2, -0.15) is 0 Å². The van der Waals surface area contributed by atoms with E-state index in [0.29, 0.717) is 12.0 Å². The van der Waals surface area contributed by atoms with Gasteiger partial charge in [-0.15, -0.1) is 0 Å². The molecule has 2 aliphatic heterocycles. The maximum atomic E-state index is 5.87. The van der Waals surface area contributed by atoms with Gasteiger partial charge in [-0.05, 0) is 25.8 Å². The average Bonchev–Trinajstić information content (AvgIpc) is 2.93. The summed E-state index contributed by atoms with van der Waals surface area (Å²) in [6.07, 6.45) is 2.39. The van der Waals surface area contributed by atoms with Gasteiger partial charge in [-0.25, -0.2) is 0 Å². The molecule has 3 nitrogen and oxygen atoms in total. The van der Waals surface area contributed by atoms with E-state index in [4.69, 9.17) is 4.74 Å². The molecule has 21 heavy (non-hydrogen) atoms. The van der Waals surface area contributed by atoms with Crippen molar-refractivity contribution in [1.82, 2.24) is 10.2 Å². The monoisotopic (exact) mass is 288 g/mol. The first-order chi connectivity index (χ1) is 10.2. The second-order valence-electron chi connectivity index (χ2n) is 6.79. The Bertz CT molecular complexity index is 490. The first kappa shape index (κ1) is 14.9. The van der Waals surface area contributed by atoms with E-state index in [1.807, 2.05) is 0 Å². The highest BCUT2D eigenvalue weighted by Gasteiger charge is 2.38. The molecule has 0 aliphatic carbocycles. The lowest BCUT2D eigenvalue weighted by Crippen LogP contribution is -2.63. The Morgan fingerprint density at radius 1 is 1.33 bits per heavy atom. The number of hydrogen-bond acceptors (Lipinski definition) is 3. The van der Waals surface area contributed by atoms with E-state index in [-0.39, 0.29) is 5.54 Å². The highest BCUT2D eigenvalue weighted by atomic mass is 16.5. The lowest BCUT2D eigenvalue weighted by atomic mass is 9.89. The summed E-state index contributed by atoms with van der Waals surface area (Å²) in [5.74, 6) is 1.60. The molecular weight excluding hydrogens is 260 g/mol. The zero-order valence-corrected chi connectivity index (χ0v) is 13.6. The number of rotatable bonds is 4. The molecule has 1 N–H and O–H groups in total. The zero-order valence-electron chi connectivity index (χ0n) is 13.6. The fraction of sp³-hybridized carbons (Fsp3) is 0.667. The maximum absolute atomic E-state index is 5.87. The minimum Gasteiger partial charge on any atom is -0.493 e. The van der Waals surface area contributed by atoms with Gasteiger partial charge in [-0.3, -0.25) is 4.90 Å². The highest BCUT2D eigenvalue weighted by molar-refractivity contribution is 5.39. The van der Waals surface area contributed by atoms with Crippen molar-refractivity contribution in [2.24, 2.45) is 0 Å². The van der Waals surface area contributed by atoms with Crippen LogP contribution in [0.3, 0.4) is 0 Å². The van der Waals surface area contributed by atoms with Crippen LogP contribution in [0, 0.1) is 0 Å². The second kappa shape index (κ2) is 5.98. The predicted octanol–water partition coefficient (Wildman–Crippen LogP) is 3.02. The number of ether oxygens (including phenoxy) is 1. The number of benzene rings is 1. The summed E-state index contributed by atoms with van der Waals surface area (Å²) >= 11 is 0. The molecule has 1 aromatic carbocycles. The maximum Gasteiger partial charge on any atom is 0.122 e. The van der Waals surface area contributed by atoms with Crippen LogP contribution in [0.5, 0.6) is 5.75 Å². The molecule has 1 saturated heterocycles. The van der Waals surface area contributed by atoms with Crippen molar-refractivity contribution >= 4 is 0 Å². The molecule has 2 heterocycles. The summed E-state index contributed by atoms with van der Waals surface area (Å²) < 4.78 is 5.87. The van der Waals surface area contributed by atoms with Crippen molar-refractivity contribution in [1.29, 1.82) is 0 Å². The molecule has 1 aromatic rings. The summed E-state index contributed by atoms with van der Waals surface area (Å²) in [7, 11) is 0. The Balaban J connectivity index is 1.76. The van der Waals surface area contributed by atoms with E-state index in [0.717, 1.165) is 32.0 Å². The summed E-state index contributed by atoms with van der Waals surface area (Å²) in [5.41, 5.74) is 1.66. The lowest BCUT2D eigenvalue weighted by Gasteiger charge is -2.48. The third-order valence-corrected chi connectivity index (χ3v) is 5.47. The number of nitrogens with one attached hydrogen (secondary N) is 1. The van der Waals surface area contributed by atoms with Crippen molar-refractivity contribution in [3.8, 4) is 5.75 Å². The molecule has 0 aromatic heterocycles. The van der Waals surface area contributed by atoms with Crippen LogP contribution in [0.15, 0.2) is 24.3 Å². The molecule has 0 spiro atoms. The minimum atomic E-state index is 0.267. The van der Waals surface area contributed by atoms with Crippen LogP contribution in [-0.4, -0.2) is 42.7 Å². The molecule has 3 unspecified atom stereocenters. The van der Waals surface area contributed by atoms with Gasteiger partial charge in [0, 0.05) is 42.7 Å². The fourth-order valence-corrected chi connectivity index (χ4v) is 3.59. The molecule has 3 heteroatoms. The largest absolute Gasteiger partial charge is 0.493 e. The van der Waals surface area contributed by atoms with Crippen LogP contribution >= 0.6 is 0 Å². The Labute approximate surface area is 128 Å². The molecule has 3 atom stereocenters. The van der Waals surface area contributed by atoms with Crippen molar-refractivity contribution < 1.29 is 4.74 Å². The number of piperazine rings is 1. The van der Waals surface area contributed by atoms with Crippen LogP contribution < -0.4 is 10.1 Å². The molecule has 3 rings (SSSR count). The molecule has 0 bridgehead atoms. The fourth-order valence-electron chi connectivity index (χ4n) is 3.59. The summed E-state index contributed by atoms with van der Waals surface area (Å²) in [6.45, 7) is 11.2. The lowest BCUT2D eigenvalue weighted by molar-refractivity contribution is 0.0405. The van der Waals surface area contributed by atoms with Gasteiger partial charge < -0.3 is 10.1 Å². The summed E-state index contributed by atoms with van der Waals surface area (Å²) in [6, 6.07) is 9.15. The van der Waals surface area contributed by atoms with E-state index in [1.54, 1.807) is 0 Å². The van der Waals surface area contributed by atoms with Crippen molar-refractivity contribution in [3.05, 3.63) is 29.8 Å². The SMILES string of the molecule is CCC1CN(CC2COc3ccccc32)C(C)(CC)CN1. The molecule has 2 aliphatic rings. The third-order valence-electron chi connectivity index (χ3n) is 5.47. The van der Waals surface area contributed by atoms with Gasteiger partial charge in [0.05, 0.1) is 6.61 Å². The molecule has 1 fully saturated rings. The number of hydrogen-bond donors (Lipinski definition) is 1. The van der Waals surface area contributed by atoms with E-state index in [1.165, 1.54) is 18.4 Å². The van der Waals surface area contributed by atoms with E-state index >= 15 is 0 Å². The van der Waals surface area contributed by atoms with Crippen molar-refractivity contribution in [2.75, 3.05) is 26.2 Å². The Morgan fingerprint density at radius 3 is 2.90 bits per heavy atom. The topological polar surface area (TPSA) is 24.5 Å². The third kappa shape index (κ3) is 2.82. The van der Waals surface area contributed by atoms with Gasteiger partial charge in [0.2, 0.25) is 0 Å². The minimum absolute atomic E-state index is 0.267. The molecule has 0 saturated carbocycles. The van der Waals surface area contributed by atoms with Gasteiger partial charge in [0.25, 0.3) is 0 Å². The quantitative estimate of drug-likeness (QED) is 0.922. The van der Waals surface area contributed by atoms with Gasteiger partial charge in [0.1, 0.15) is 5.75 Å². The van der Waals surface area contributed by atoms with Gasteiger partial charge in [-0.1, -0.05) is 32.0 Å². The average molecular weight is 288 g/mol. The van der Waals surface area contributed by atoms with Gasteiger partial charge >= 0.3 is 0 Å².